The Labute approximate surface area is 142 Å². The Balaban J connectivity index is 1.85. The summed E-state index contributed by atoms with van der Waals surface area (Å²) in [5, 5.41) is 11.2. The molecule has 1 aromatic rings. The average Bonchev–Trinajstić information content (AvgIpc) is 2.92. The molecular formula is C18H26N2O4. The van der Waals surface area contributed by atoms with Crippen molar-refractivity contribution in [1.29, 1.82) is 0 Å². The van der Waals surface area contributed by atoms with Crippen molar-refractivity contribution in [1.82, 2.24) is 4.90 Å². The molecule has 3 rings (SSSR count). The van der Waals surface area contributed by atoms with Crippen LogP contribution in [0.15, 0.2) is 12.1 Å². The molecular weight excluding hydrogens is 308 g/mol. The van der Waals surface area contributed by atoms with Crippen LogP contribution in [0.1, 0.15) is 51.2 Å². The van der Waals surface area contributed by atoms with Gasteiger partial charge in [0.05, 0.1) is 11.5 Å². The predicted octanol–water partition coefficient (Wildman–Crippen LogP) is 3.86. The minimum Gasteiger partial charge on any atom is -0.467 e. The highest BCUT2D eigenvalue weighted by Crippen LogP contribution is 2.36. The quantitative estimate of drug-likeness (QED) is 0.618. The first-order chi connectivity index (χ1) is 11.3. The first kappa shape index (κ1) is 17.2. The summed E-state index contributed by atoms with van der Waals surface area (Å²) in [6.07, 6.45) is 3.51. The van der Waals surface area contributed by atoms with Gasteiger partial charge in [-0.05, 0) is 31.2 Å². The van der Waals surface area contributed by atoms with Gasteiger partial charge in [0, 0.05) is 35.8 Å². The number of nitro benzene ring substituents is 1. The number of fused-ring (bicyclic) bond motifs is 1. The van der Waals surface area contributed by atoms with Crippen LogP contribution in [0.5, 0.6) is 5.75 Å². The van der Waals surface area contributed by atoms with Gasteiger partial charge in [0.25, 0.3) is 5.69 Å². The fourth-order valence-corrected chi connectivity index (χ4v) is 3.76. The number of likely N-dealkylation sites (tertiary alicyclic amines) is 1. The summed E-state index contributed by atoms with van der Waals surface area (Å²) in [7, 11) is 0. The van der Waals surface area contributed by atoms with Crippen LogP contribution < -0.4 is 4.74 Å². The van der Waals surface area contributed by atoms with E-state index in [2.05, 4.69) is 25.7 Å². The maximum absolute atomic E-state index is 11.2. The number of benzene rings is 1. The average molecular weight is 334 g/mol. The lowest BCUT2D eigenvalue weighted by Gasteiger charge is -2.31. The van der Waals surface area contributed by atoms with E-state index < -0.39 is 0 Å². The predicted molar refractivity (Wildman–Crippen MR) is 90.9 cm³/mol. The summed E-state index contributed by atoms with van der Waals surface area (Å²) in [5.74, 6) is 0.772. The number of rotatable bonds is 4. The van der Waals surface area contributed by atoms with Gasteiger partial charge < -0.3 is 9.47 Å². The summed E-state index contributed by atoms with van der Waals surface area (Å²) < 4.78 is 10.9. The topological polar surface area (TPSA) is 64.8 Å². The fraction of sp³-hybridized carbons (Fsp3) is 0.667. The van der Waals surface area contributed by atoms with Crippen molar-refractivity contribution in [2.24, 2.45) is 5.41 Å². The molecule has 0 spiro atoms. The summed E-state index contributed by atoms with van der Waals surface area (Å²) in [6.45, 7) is 9.11. The highest BCUT2D eigenvalue weighted by molar-refractivity contribution is 5.50. The van der Waals surface area contributed by atoms with E-state index in [0.717, 1.165) is 29.8 Å². The molecule has 1 fully saturated rings. The van der Waals surface area contributed by atoms with E-state index in [0.29, 0.717) is 19.2 Å². The second-order valence-corrected chi connectivity index (χ2v) is 7.99. The van der Waals surface area contributed by atoms with Gasteiger partial charge in [-0.2, -0.15) is 0 Å². The number of non-ortho nitro benzene ring substituents is 1. The van der Waals surface area contributed by atoms with Crippen molar-refractivity contribution in [2.75, 3.05) is 13.3 Å². The minimum atomic E-state index is -0.338. The van der Waals surface area contributed by atoms with Gasteiger partial charge in [0.15, 0.2) is 6.79 Å². The van der Waals surface area contributed by atoms with Crippen LogP contribution in [0.25, 0.3) is 0 Å². The third-order valence-electron chi connectivity index (χ3n) is 4.70. The van der Waals surface area contributed by atoms with Crippen molar-refractivity contribution < 1.29 is 14.4 Å². The largest absolute Gasteiger partial charge is 0.467 e. The molecule has 132 valence electrons. The monoisotopic (exact) mass is 334 g/mol. The van der Waals surface area contributed by atoms with Crippen molar-refractivity contribution in [3.63, 3.8) is 0 Å². The van der Waals surface area contributed by atoms with Crippen molar-refractivity contribution >= 4 is 5.69 Å². The Morgan fingerprint density at radius 2 is 2.17 bits per heavy atom. The SMILES string of the molecule is CC(C)(C)CC1CCCN1Cc1cc([N+](=O)[O-])cc2c1OCOC2. The van der Waals surface area contributed by atoms with Crippen LogP contribution in [-0.2, 0) is 17.9 Å². The Bertz CT molecular complexity index is 624. The second-order valence-electron chi connectivity index (χ2n) is 7.99. The van der Waals surface area contributed by atoms with Crippen LogP contribution in [0.4, 0.5) is 5.69 Å². The molecule has 0 bridgehead atoms. The Kier molecular flexibility index (Phi) is 4.78. The van der Waals surface area contributed by atoms with E-state index >= 15 is 0 Å². The molecule has 0 amide bonds. The number of nitro groups is 1. The van der Waals surface area contributed by atoms with Crippen molar-refractivity contribution in [3.05, 3.63) is 33.4 Å². The standard InChI is InChI=1S/C18H26N2O4/c1-18(2,3)9-15-5-4-6-19(15)10-13-7-16(20(21)22)8-14-11-23-12-24-17(13)14/h7-8,15H,4-6,9-12H2,1-3H3. The van der Waals surface area contributed by atoms with E-state index in [1.807, 2.05) is 0 Å². The normalized spacial score (nSPS) is 21.4. The van der Waals surface area contributed by atoms with Crippen LogP contribution in [0, 0.1) is 15.5 Å². The number of nitrogens with zero attached hydrogens (tertiary/aromatic N) is 2. The second kappa shape index (κ2) is 6.69. The summed E-state index contributed by atoms with van der Waals surface area (Å²) >= 11 is 0. The maximum Gasteiger partial charge on any atom is 0.270 e. The molecule has 0 radical (unpaired) electrons. The zero-order valence-corrected chi connectivity index (χ0v) is 14.7. The Hall–Kier alpha value is -1.66. The number of hydrogen-bond acceptors (Lipinski definition) is 5. The lowest BCUT2D eigenvalue weighted by atomic mass is 9.87. The van der Waals surface area contributed by atoms with Gasteiger partial charge in [-0.1, -0.05) is 20.8 Å². The Morgan fingerprint density at radius 3 is 2.88 bits per heavy atom. The molecule has 1 atom stereocenters. The van der Waals surface area contributed by atoms with E-state index in [1.54, 1.807) is 12.1 Å². The molecule has 1 saturated heterocycles. The molecule has 6 nitrogen and oxygen atoms in total. The van der Waals surface area contributed by atoms with Crippen LogP contribution in [0.3, 0.4) is 0 Å². The molecule has 6 heteroatoms. The van der Waals surface area contributed by atoms with E-state index in [4.69, 9.17) is 9.47 Å². The summed E-state index contributed by atoms with van der Waals surface area (Å²) in [4.78, 5) is 13.3. The van der Waals surface area contributed by atoms with Crippen molar-refractivity contribution in [3.8, 4) is 5.75 Å². The van der Waals surface area contributed by atoms with Gasteiger partial charge >= 0.3 is 0 Å². The molecule has 1 unspecified atom stereocenters. The third-order valence-corrected chi connectivity index (χ3v) is 4.70. The van der Waals surface area contributed by atoms with E-state index in [9.17, 15) is 10.1 Å². The lowest BCUT2D eigenvalue weighted by molar-refractivity contribution is -0.385. The molecule has 0 N–H and O–H groups in total. The van der Waals surface area contributed by atoms with Gasteiger partial charge in [-0.25, -0.2) is 0 Å². The Morgan fingerprint density at radius 1 is 1.38 bits per heavy atom. The third kappa shape index (κ3) is 3.87. The first-order valence-electron chi connectivity index (χ1n) is 8.58. The zero-order chi connectivity index (χ0) is 17.3. The van der Waals surface area contributed by atoms with Gasteiger partial charge in [-0.15, -0.1) is 0 Å². The van der Waals surface area contributed by atoms with Crippen molar-refractivity contribution in [2.45, 2.75) is 59.2 Å². The molecule has 0 aromatic heterocycles. The molecule has 2 aliphatic heterocycles. The fourth-order valence-electron chi connectivity index (χ4n) is 3.76. The number of ether oxygens (including phenoxy) is 2. The lowest BCUT2D eigenvalue weighted by Crippen LogP contribution is -2.32. The van der Waals surface area contributed by atoms with E-state index in [-0.39, 0.29) is 22.8 Å². The molecule has 2 heterocycles. The number of hydrogen-bond donors (Lipinski definition) is 0. The molecule has 0 saturated carbocycles. The summed E-state index contributed by atoms with van der Waals surface area (Å²) in [6, 6.07) is 3.75. The molecule has 0 aliphatic carbocycles. The van der Waals surface area contributed by atoms with E-state index in [1.165, 1.54) is 12.8 Å². The van der Waals surface area contributed by atoms with Crippen LogP contribution in [-0.4, -0.2) is 29.2 Å². The van der Waals surface area contributed by atoms with Crippen LogP contribution in [0.2, 0.25) is 0 Å². The van der Waals surface area contributed by atoms with Gasteiger partial charge in [0.1, 0.15) is 5.75 Å². The summed E-state index contributed by atoms with van der Waals surface area (Å²) in [5.41, 5.74) is 2.07. The smallest absolute Gasteiger partial charge is 0.270 e. The highest BCUT2D eigenvalue weighted by atomic mass is 16.7. The zero-order valence-electron chi connectivity index (χ0n) is 14.7. The molecule has 24 heavy (non-hydrogen) atoms. The molecule has 2 aliphatic rings. The minimum absolute atomic E-state index is 0.115. The molecule has 1 aromatic carbocycles. The highest BCUT2D eigenvalue weighted by Gasteiger charge is 2.30. The van der Waals surface area contributed by atoms with Gasteiger partial charge in [0.2, 0.25) is 0 Å². The maximum atomic E-state index is 11.2. The van der Waals surface area contributed by atoms with Gasteiger partial charge in [-0.3, -0.25) is 15.0 Å². The first-order valence-corrected chi connectivity index (χ1v) is 8.58. The van der Waals surface area contributed by atoms with Crippen LogP contribution >= 0.6 is 0 Å².